The fourth-order valence-electron chi connectivity index (χ4n) is 3.08. The third kappa shape index (κ3) is 2.97. The molecule has 0 saturated heterocycles. The highest BCUT2D eigenvalue weighted by Crippen LogP contribution is 2.46. The zero-order valence-corrected chi connectivity index (χ0v) is 13.4. The van der Waals surface area contributed by atoms with E-state index in [4.69, 9.17) is 11.6 Å². The van der Waals surface area contributed by atoms with Gasteiger partial charge in [0, 0.05) is 17.8 Å². The molecule has 112 valence electrons. The number of hydrogen-bond donors (Lipinski definition) is 0. The van der Waals surface area contributed by atoms with E-state index in [9.17, 15) is 0 Å². The van der Waals surface area contributed by atoms with Crippen molar-refractivity contribution in [3.63, 3.8) is 0 Å². The Balaban J connectivity index is 2.08. The lowest BCUT2D eigenvalue weighted by atomic mass is 9.70. The van der Waals surface area contributed by atoms with Crippen LogP contribution >= 0.6 is 11.6 Å². The molecule has 0 N–H and O–H groups in total. The minimum absolute atomic E-state index is 0.111. The Morgan fingerprint density at radius 2 is 1.95 bits per heavy atom. The van der Waals surface area contributed by atoms with Gasteiger partial charge < -0.3 is 0 Å². The van der Waals surface area contributed by atoms with E-state index in [1.807, 2.05) is 24.3 Å². The molecule has 22 heavy (non-hydrogen) atoms. The van der Waals surface area contributed by atoms with Gasteiger partial charge in [0.2, 0.25) is 0 Å². The fourth-order valence-corrected chi connectivity index (χ4v) is 3.48. The Labute approximate surface area is 136 Å². The van der Waals surface area contributed by atoms with Gasteiger partial charge in [-0.05, 0) is 43.1 Å². The van der Waals surface area contributed by atoms with E-state index in [1.165, 1.54) is 11.1 Å². The summed E-state index contributed by atoms with van der Waals surface area (Å²) in [5.41, 5.74) is 2.20. The van der Waals surface area contributed by atoms with E-state index >= 15 is 0 Å². The number of halogens is 1. The predicted octanol–water partition coefficient (Wildman–Crippen LogP) is 5.03. The second-order valence-corrected chi connectivity index (χ2v) is 6.43. The fraction of sp³-hybridized carbons (Fsp3) is 0.263. The summed E-state index contributed by atoms with van der Waals surface area (Å²) in [5.74, 6) is 0.813. The van der Waals surface area contributed by atoms with Crippen molar-refractivity contribution in [3.8, 4) is 0 Å². The zero-order valence-electron chi connectivity index (χ0n) is 12.6. The summed E-state index contributed by atoms with van der Waals surface area (Å²) in [6.45, 7) is 2.19. The number of aliphatic imine (C=N–C) groups is 2. The van der Waals surface area contributed by atoms with E-state index < -0.39 is 0 Å². The van der Waals surface area contributed by atoms with Gasteiger partial charge in [0.1, 0.15) is 5.84 Å². The first-order valence-electron chi connectivity index (χ1n) is 7.54. The van der Waals surface area contributed by atoms with Crippen molar-refractivity contribution in [3.05, 3.63) is 66.4 Å². The highest BCUT2D eigenvalue weighted by atomic mass is 35.5. The highest BCUT2D eigenvalue weighted by Gasteiger charge is 2.39. The molecule has 0 spiro atoms. The van der Waals surface area contributed by atoms with E-state index in [0.717, 1.165) is 18.7 Å². The summed E-state index contributed by atoms with van der Waals surface area (Å²) in [6, 6.07) is 10.4. The second-order valence-electron chi connectivity index (χ2n) is 5.81. The summed E-state index contributed by atoms with van der Waals surface area (Å²) in [5, 5.41) is 0.111. The lowest BCUT2D eigenvalue weighted by molar-refractivity contribution is 0.514. The van der Waals surface area contributed by atoms with E-state index in [-0.39, 0.29) is 10.8 Å². The summed E-state index contributed by atoms with van der Waals surface area (Å²) in [4.78, 5) is 9.15. The van der Waals surface area contributed by atoms with Crippen LogP contribution < -0.4 is 0 Å². The second kappa shape index (κ2) is 6.45. The molecule has 2 atom stereocenters. The largest absolute Gasteiger partial charge is 0.240 e. The first-order chi connectivity index (χ1) is 10.7. The molecule has 0 saturated carbocycles. The molecule has 1 heterocycles. The number of benzene rings is 1. The van der Waals surface area contributed by atoms with Gasteiger partial charge in [0.05, 0.1) is 5.41 Å². The van der Waals surface area contributed by atoms with E-state index in [1.54, 1.807) is 12.4 Å². The number of nitrogens with zero attached hydrogens (tertiary/aromatic N) is 2. The molecule has 2 nitrogen and oxygen atoms in total. The van der Waals surface area contributed by atoms with Gasteiger partial charge in [-0.1, -0.05) is 42.5 Å². The van der Waals surface area contributed by atoms with Crippen molar-refractivity contribution in [2.75, 3.05) is 0 Å². The normalized spacial score (nSPS) is 27.8. The zero-order chi connectivity index (χ0) is 15.4. The van der Waals surface area contributed by atoms with Crippen molar-refractivity contribution >= 4 is 29.2 Å². The Bertz CT molecular complexity index is 683. The Hall–Kier alpha value is -1.93. The molecule has 2 unspecified atom stereocenters. The van der Waals surface area contributed by atoms with Crippen molar-refractivity contribution in [1.82, 2.24) is 0 Å². The number of amidine groups is 1. The van der Waals surface area contributed by atoms with Gasteiger partial charge >= 0.3 is 0 Å². The summed E-state index contributed by atoms with van der Waals surface area (Å²) >= 11 is 6.46. The molecule has 0 aromatic heterocycles. The number of rotatable bonds is 2. The summed E-state index contributed by atoms with van der Waals surface area (Å²) in [6.07, 6.45) is 13.3. The minimum Gasteiger partial charge on any atom is -0.240 e. The third-order valence-corrected chi connectivity index (χ3v) is 4.50. The number of allylic oxidation sites excluding steroid dienone is 4. The minimum atomic E-state index is -0.280. The molecular formula is C19H19ClN2. The average Bonchev–Trinajstić information content (AvgIpc) is 2.47. The van der Waals surface area contributed by atoms with Crippen LogP contribution in [0, 0.1) is 5.41 Å². The van der Waals surface area contributed by atoms with Gasteiger partial charge in [0.15, 0.2) is 0 Å². The lowest BCUT2D eigenvalue weighted by Gasteiger charge is -2.37. The van der Waals surface area contributed by atoms with Gasteiger partial charge in [-0.15, -0.1) is 11.6 Å². The molecule has 3 rings (SSSR count). The summed E-state index contributed by atoms with van der Waals surface area (Å²) in [7, 11) is 0. The number of alkyl halides is 1. The predicted molar refractivity (Wildman–Crippen MR) is 95.6 cm³/mol. The van der Waals surface area contributed by atoms with Crippen LogP contribution in [0.5, 0.6) is 0 Å². The molecule has 0 bridgehead atoms. The van der Waals surface area contributed by atoms with Crippen molar-refractivity contribution in [2.24, 2.45) is 15.4 Å². The van der Waals surface area contributed by atoms with Crippen LogP contribution in [0.15, 0.2) is 70.8 Å². The van der Waals surface area contributed by atoms with Crippen LogP contribution in [0.25, 0.3) is 5.57 Å². The molecule has 3 heteroatoms. The van der Waals surface area contributed by atoms with Crippen LogP contribution in [-0.4, -0.2) is 17.4 Å². The van der Waals surface area contributed by atoms with Crippen molar-refractivity contribution in [2.45, 2.75) is 25.1 Å². The van der Waals surface area contributed by atoms with Crippen molar-refractivity contribution < 1.29 is 0 Å². The molecule has 1 aliphatic heterocycles. The van der Waals surface area contributed by atoms with Gasteiger partial charge in [-0.25, -0.2) is 9.98 Å². The maximum Gasteiger partial charge on any atom is 0.138 e. The van der Waals surface area contributed by atoms with Gasteiger partial charge in [-0.2, -0.15) is 0 Å². The quantitative estimate of drug-likeness (QED) is 0.684. The monoisotopic (exact) mass is 310 g/mol. The Kier molecular flexibility index (Phi) is 4.39. The molecular weight excluding hydrogens is 292 g/mol. The Morgan fingerprint density at radius 1 is 1.14 bits per heavy atom. The smallest absolute Gasteiger partial charge is 0.138 e. The molecule has 1 aliphatic carbocycles. The topological polar surface area (TPSA) is 24.7 Å². The molecule has 0 amide bonds. The molecule has 1 aromatic carbocycles. The van der Waals surface area contributed by atoms with Crippen LogP contribution in [0.4, 0.5) is 0 Å². The summed E-state index contributed by atoms with van der Waals surface area (Å²) < 4.78 is 0. The van der Waals surface area contributed by atoms with Gasteiger partial charge in [0.25, 0.3) is 0 Å². The molecule has 2 aliphatic rings. The lowest BCUT2D eigenvalue weighted by Crippen LogP contribution is -2.34. The molecule has 1 aromatic rings. The first kappa shape index (κ1) is 15.0. The van der Waals surface area contributed by atoms with Crippen LogP contribution in [0.1, 0.15) is 25.3 Å². The van der Waals surface area contributed by atoms with Crippen molar-refractivity contribution in [1.29, 1.82) is 0 Å². The molecule has 0 fully saturated rings. The van der Waals surface area contributed by atoms with E-state index in [2.05, 4.69) is 47.3 Å². The van der Waals surface area contributed by atoms with Crippen LogP contribution in [0.2, 0.25) is 0 Å². The Morgan fingerprint density at radius 3 is 2.77 bits per heavy atom. The standard InChI is InChI=1S/C19H19ClN2/c1-19(18-21-12-6-3-7-13-22-18)14-16(20)10-11-17(19)15-8-4-2-5-9-15/h2-9,11-13,16H,10,14H2,1H3. The third-order valence-electron chi connectivity index (χ3n) is 4.17. The average molecular weight is 311 g/mol. The number of hydrogen-bond acceptors (Lipinski definition) is 2. The first-order valence-corrected chi connectivity index (χ1v) is 7.98. The van der Waals surface area contributed by atoms with Crippen LogP contribution in [0.3, 0.4) is 0 Å². The maximum absolute atomic E-state index is 6.46. The maximum atomic E-state index is 6.46. The van der Waals surface area contributed by atoms with E-state index in [0.29, 0.717) is 0 Å². The highest BCUT2D eigenvalue weighted by molar-refractivity contribution is 6.21. The van der Waals surface area contributed by atoms with Crippen LogP contribution in [-0.2, 0) is 0 Å². The van der Waals surface area contributed by atoms with Gasteiger partial charge in [-0.3, -0.25) is 0 Å². The molecule has 0 radical (unpaired) electrons. The SMILES string of the molecule is CC1(C2=NC=CC=CC=N2)CC(Cl)CC=C1c1ccccc1.